The van der Waals surface area contributed by atoms with Gasteiger partial charge in [0.1, 0.15) is 17.7 Å². The fourth-order valence-electron chi connectivity index (χ4n) is 2.39. The Hall–Kier alpha value is -1.17. The van der Waals surface area contributed by atoms with Crippen molar-refractivity contribution in [1.82, 2.24) is 5.32 Å². The van der Waals surface area contributed by atoms with Gasteiger partial charge in [0.05, 0.1) is 0 Å². The first-order chi connectivity index (χ1) is 8.86. The fourth-order valence-corrected chi connectivity index (χ4v) is 2.39. The van der Waals surface area contributed by atoms with Crippen molar-refractivity contribution in [2.75, 3.05) is 0 Å². The Morgan fingerprint density at radius 3 is 2.53 bits per heavy atom. The first kappa shape index (κ1) is 14.2. The van der Waals surface area contributed by atoms with Gasteiger partial charge in [0.2, 0.25) is 0 Å². The molecule has 1 aliphatic heterocycles. The van der Waals surface area contributed by atoms with Crippen LogP contribution in [-0.4, -0.2) is 18.3 Å². The summed E-state index contributed by atoms with van der Waals surface area (Å²) < 4.78 is 64.0. The van der Waals surface area contributed by atoms with Crippen LogP contribution in [0.4, 0.5) is 22.0 Å². The quantitative estimate of drug-likeness (QED) is 0.816. The van der Waals surface area contributed by atoms with E-state index >= 15 is 0 Å². The number of nitrogens with one attached hydrogen (secondary N) is 1. The van der Waals surface area contributed by atoms with Crippen LogP contribution in [0.15, 0.2) is 18.2 Å². The van der Waals surface area contributed by atoms with Crippen LogP contribution in [0.1, 0.15) is 24.8 Å². The van der Waals surface area contributed by atoms with Crippen LogP contribution in [0.3, 0.4) is 0 Å². The van der Waals surface area contributed by atoms with E-state index in [1.807, 2.05) is 0 Å². The van der Waals surface area contributed by atoms with Gasteiger partial charge in [0, 0.05) is 12.1 Å². The Labute approximate surface area is 107 Å². The summed E-state index contributed by atoms with van der Waals surface area (Å²) >= 11 is 0. The molecule has 0 aliphatic carbocycles. The molecule has 1 nitrogen and oxygen atoms in total. The lowest BCUT2D eigenvalue weighted by molar-refractivity contribution is -0.163. The minimum atomic E-state index is -4.28. The van der Waals surface area contributed by atoms with Gasteiger partial charge in [0.25, 0.3) is 0 Å². The van der Waals surface area contributed by atoms with Crippen LogP contribution < -0.4 is 5.32 Å². The second-order valence-electron chi connectivity index (χ2n) is 4.83. The van der Waals surface area contributed by atoms with Crippen LogP contribution in [0.25, 0.3) is 0 Å². The van der Waals surface area contributed by atoms with Crippen molar-refractivity contribution < 1.29 is 22.0 Å². The molecule has 0 amide bonds. The van der Waals surface area contributed by atoms with Gasteiger partial charge in [-0.15, -0.1) is 0 Å². The van der Waals surface area contributed by atoms with E-state index in [1.165, 1.54) is 6.07 Å². The zero-order valence-corrected chi connectivity index (χ0v) is 10.1. The Bertz CT molecular complexity index is 443. The number of hydrogen-bond acceptors (Lipinski definition) is 1. The Morgan fingerprint density at radius 2 is 1.89 bits per heavy atom. The van der Waals surface area contributed by atoms with Gasteiger partial charge in [-0.2, -0.15) is 13.2 Å². The molecule has 0 radical (unpaired) electrons. The molecule has 19 heavy (non-hydrogen) atoms. The first-order valence-electron chi connectivity index (χ1n) is 6.13. The molecule has 2 unspecified atom stereocenters. The van der Waals surface area contributed by atoms with Gasteiger partial charge < -0.3 is 5.32 Å². The monoisotopic (exact) mass is 279 g/mol. The smallest absolute Gasteiger partial charge is 0.303 e. The molecule has 0 spiro atoms. The SMILES string of the molecule is Fc1ccc(CC2CCCC(C(F)(F)F)N2)c(F)c1. The molecule has 1 saturated heterocycles. The van der Waals surface area contributed by atoms with Gasteiger partial charge >= 0.3 is 6.18 Å². The lowest BCUT2D eigenvalue weighted by Crippen LogP contribution is -2.51. The van der Waals surface area contributed by atoms with Crippen molar-refractivity contribution in [3.63, 3.8) is 0 Å². The number of piperidine rings is 1. The molecule has 1 aliphatic rings. The number of rotatable bonds is 2. The second kappa shape index (κ2) is 5.45. The molecule has 6 heteroatoms. The molecule has 0 bridgehead atoms. The third kappa shape index (κ3) is 3.65. The zero-order valence-electron chi connectivity index (χ0n) is 10.1. The summed E-state index contributed by atoms with van der Waals surface area (Å²) in [6.07, 6.45) is -3.08. The average molecular weight is 279 g/mol. The number of benzene rings is 1. The van der Waals surface area contributed by atoms with Gasteiger partial charge in [-0.3, -0.25) is 0 Å². The number of halogens is 5. The van der Waals surface area contributed by atoms with Gasteiger partial charge in [-0.25, -0.2) is 8.78 Å². The van der Waals surface area contributed by atoms with Crippen molar-refractivity contribution in [3.8, 4) is 0 Å². The van der Waals surface area contributed by atoms with Crippen LogP contribution in [0, 0.1) is 11.6 Å². The maximum Gasteiger partial charge on any atom is 0.403 e. The minimum Gasteiger partial charge on any atom is -0.303 e. The molecule has 1 heterocycles. The van der Waals surface area contributed by atoms with Crippen molar-refractivity contribution in [3.05, 3.63) is 35.4 Å². The highest BCUT2D eigenvalue weighted by Crippen LogP contribution is 2.29. The third-order valence-electron chi connectivity index (χ3n) is 3.36. The van der Waals surface area contributed by atoms with Crippen LogP contribution >= 0.6 is 0 Å². The standard InChI is InChI=1S/C13H14F5N/c14-9-5-4-8(11(15)7-9)6-10-2-1-3-12(19-10)13(16,17)18/h4-5,7,10,12,19H,1-3,6H2. The fraction of sp³-hybridized carbons (Fsp3) is 0.538. The maximum atomic E-state index is 13.4. The average Bonchev–Trinajstić information content (AvgIpc) is 2.32. The van der Waals surface area contributed by atoms with E-state index in [0.29, 0.717) is 12.8 Å². The largest absolute Gasteiger partial charge is 0.403 e. The van der Waals surface area contributed by atoms with Crippen molar-refractivity contribution in [2.45, 2.75) is 43.9 Å². The maximum absolute atomic E-state index is 13.4. The number of alkyl halides is 3. The molecular formula is C13H14F5N. The van der Waals surface area contributed by atoms with Crippen molar-refractivity contribution in [2.24, 2.45) is 0 Å². The first-order valence-corrected chi connectivity index (χ1v) is 6.13. The van der Waals surface area contributed by atoms with E-state index < -0.39 is 29.9 Å². The molecule has 106 valence electrons. The molecule has 0 aromatic heterocycles. The van der Waals surface area contributed by atoms with E-state index in [1.54, 1.807) is 0 Å². The summed E-state index contributed by atoms with van der Waals surface area (Å²) in [5.41, 5.74) is 0.238. The summed E-state index contributed by atoms with van der Waals surface area (Å²) in [4.78, 5) is 0. The lowest BCUT2D eigenvalue weighted by Gasteiger charge is -2.32. The third-order valence-corrected chi connectivity index (χ3v) is 3.36. The Kier molecular flexibility index (Phi) is 4.08. The topological polar surface area (TPSA) is 12.0 Å². The summed E-state index contributed by atoms with van der Waals surface area (Å²) in [5, 5.41) is 2.50. The molecule has 1 fully saturated rings. The Balaban J connectivity index is 2.03. The lowest BCUT2D eigenvalue weighted by atomic mass is 9.93. The van der Waals surface area contributed by atoms with E-state index in [2.05, 4.69) is 5.32 Å². The van der Waals surface area contributed by atoms with Crippen molar-refractivity contribution >= 4 is 0 Å². The van der Waals surface area contributed by atoms with Crippen molar-refractivity contribution in [1.29, 1.82) is 0 Å². The highest BCUT2D eigenvalue weighted by atomic mass is 19.4. The minimum absolute atomic E-state index is 0.0475. The van der Waals surface area contributed by atoms with E-state index in [9.17, 15) is 22.0 Å². The molecular weight excluding hydrogens is 265 g/mol. The van der Waals surface area contributed by atoms with Gasteiger partial charge in [0.15, 0.2) is 0 Å². The summed E-state index contributed by atoms with van der Waals surface area (Å²) in [6.45, 7) is 0. The van der Waals surface area contributed by atoms with E-state index in [-0.39, 0.29) is 18.4 Å². The van der Waals surface area contributed by atoms with Gasteiger partial charge in [-0.1, -0.05) is 6.07 Å². The van der Waals surface area contributed by atoms with Crippen LogP contribution in [-0.2, 0) is 6.42 Å². The summed E-state index contributed by atoms with van der Waals surface area (Å²) in [5.74, 6) is -1.40. The highest BCUT2D eigenvalue weighted by Gasteiger charge is 2.41. The second-order valence-corrected chi connectivity index (χ2v) is 4.83. The summed E-state index contributed by atoms with van der Waals surface area (Å²) in [6, 6.07) is 1.18. The molecule has 1 aromatic carbocycles. The van der Waals surface area contributed by atoms with Crippen LogP contribution in [0.5, 0.6) is 0 Å². The molecule has 1 aromatic rings. The predicted molar refractivity (Wildman–Crippen MR) is 60.7 cm³/mol. The number of hydrogen-bond donors (Lipinski definition) is 1. The van der Waals surface area contributed by atoms with Crippen LogP contribution in [0.2, 0.25) is 0 Å². The predicted octanol–water partition coefficient (Wildman–Crippen LogP) is 3.58. The molecule has 0 saturated carbocycles. The molecule has 2 rings (SSSR count). The summed E-state index contributed by atoms with van der Waals surface area (Å²) in [7, 11) is 0. The van der Waals surface area contributed by atoms with Gasteiger partial charge in [-0.05, 0) is 37.3 Å². The Morgan fingerprint density at radius 1 is 1.16 bits per heavy atom. The van der Waals surface area contributed by atoms with E-state index in [0.717, 1.165) is 12.1 Å². The zero-order chi connectivity index (χ0) is 14.0. The van der Waals surface area contributed by atoms with E-state index in [4.69, 9.17) is 0 Å². The molecule has 1 N–H and O–H groups in total. The highest BCUT2D eigenvalue weighted by molar-refractivity contribution is 5.19. The molecule has 2 atom stereocenters. The normalized spacial score (nSPS) is 24.5.